The van der Waals surface area contributed by atoms with Gasteiger partial charge in [-0.1, -0.05) is 51.2 Å². The van der Waals surface area contributed by atoms with Gasteiger partial charge in [0.1, 0.15) is 0 Å². The third-order valence-corrected chi connectivity index (χ3v) is 4.66. The number of carbonyl (C=O) groups excluding carboxylic acids is 2. The first-order valence-electron chi connectivity index (χ1n) is 9.22. The van der Waals surface area contributed by atoms with Crippen LogP contribution in [0, 0.1) is 0 Å². The molecular formula is C19H27NaO7S. The average Bonchev–Trinajstić information content (AvgIpc) is 2.63. The van der Waals surface area contributed by atoms with Crippen molar-refractivity contribution in [2.75, 3.05) is 19.0 Å². The molecule has 1 aromatic carbocycles. The molecule has 0 aliphatic carbocycles. The summed E-state index contributed by atoms with van der Waals surface area (Å²) in [5, 5.41) is 0. The van der Waals surface area contributed by atoms with Crippen molar-refractivity contribution in [2.24, 2.45) is 0 Å². The van der Waals surface area contributed by atoms with Crippen molar-refractivity contribution in [1.82, 2.24) is 0 Å². The van der Waals surface area contributed by atoms with Crippen LogP contribution >= 0.6 is 0 Å². The Balaban J connectivity index is 0.00000729. The third-order valence-electron chi connectivity index (χ3n) is 3.87. The van der Waals surface area contributed by atoms with Crippen LogP contribution in [0.15, 0.2) is 24.3 Å². The molecule has 7 nitrogen and oxygen atoms in total. The van der Waals surface area contributed by atoms with Gasteiger partial charge in [-0.3, -0.25) is 0 Å². The molecule has 0 aromatic heterocycles. The van der Waals surface area contributed by atoms with E-state index >= 15 is 0 Å². The van der Waals surface area contributed by atoms with Crippen LogP contribution in [0.5, 0.6) is 0 Å². The van der Waals surface area contributed by atoms with Gasteiger partial charge in [0.2, 0.25) is 0 Å². The Labute approximate surface area is 189 Å². The van der Waals surface area contributed by atoms with Gasteiger partial charge < -0.3 is 14.0 Å². The smallest absolute Gasteiger partial charge is 0.748 e. The minimum atomic E-state index is -4.34. The molecule has 152 valence electrons. The summed E-state index contributed by atoms with van der Waals surface area (Å²) in [6.07, 6.45) is 6.32. The number of unbranched alkanes of at least 4 members (excludes halogenated alkanes) is 5. The molecular weight excluding hydrogens is 395 g/mol. The van der Waals surface area contributed by atoms with E-state index in [0.29, 0.717) is 0 Å². The van der Waals surface area contributed by atoms with Gasteiger partial charge in [-0.15, -0.1) is 0 Å². The second-order valence-corrected chi connectivity index (χ2v) is 7.72. The quantitative estimate of drug-likeness (QED) is 0.195. The SMILES string of the molecule is CCCCCCCCOC(=O)c1ccccc1C(=O)OCCCS(=O)(=O)[O-].[Na+]. The maximum atomic E-state index is 12.2. The molecule has 0 heterocycles. The van der Waals surface area contributed by atoms with E-state index in [1.807, 2.05) is 0 Å². The van der Waals surface area contributed by atoms with Gasteiger partial charge in [0.25, 0.3) is 0 Å². The first-order valence-corrected chi connectivity index (χ1v) is 10.8. The van der Waals surface area contributed by atoms with Crippen molar-refractivity contribution < 1.29 is 61.6 Å². The Morgan fingerprint density at radius 2 is 1.32 bits per heavy atom. The Hall–Kier alpha value is -0.930. The van der Waals surface area contributed by atoms with Crippen LogP contribution in [0.3, 0.4) is 0 Å². The molecule has 0 saturated heterocycles. The molecule has 0 fully saturated rings. The van der Waals surface area contributed by atoms with Crippen molar-refractivity contribution in [3.05, 3.63) is 35.4 Å². The van der Waals surface area contributed by atoms with Crippen LogP contribution in [-0.2, 0) is 19.6 Å². The zero-order chi connectivity index (χ0) is 20.1. The Morgan fingerprint density at radius 1 is 0.857 bits per heavy atom. The summed E-state index contributed by atoms with van der Waals surface area (Å²) in [5.41, 5.74) is 0.153. The predicted molar refractivity (Wildman–Crippen MR) is 99.6 cm³/mol. The van der Waals surface area contributed by atoms with E-state index in [4.69, 9.17) is 9.47 Å². The van der Waals surface area contributed by atoms with Gasteiger partial charge in [0, 0.05) is 5.75 Å². The van der Waals surface area contributed by atoms with E-state index in [1.54, 1.807) is 12.1 Å². The number of rotatable bonds is 13. The van der Waals surface area contributed by atoms with Gasteiger partial charge in [0.05, 0.1) is 34.5 Å². The zero-order valence-corrected chi connectivity index (χ0v) is 19.5. The summed E-state index contributed by atoms with van der Waals surface area (Å²) in [7, 11) is -4.34. The second-order valence-electron chi connectivity index (χ2n) is 6.20. The van der Waals surface area contributed by atoms with Crippen LogP contribution in [0.2, 0.25) is 0 Å². The monoisotopic (exact) mass is 422 g/mol. The Bertz CT molecular complexity index is 704. The van der Waals surface area contributed by atoms with Crippen molar-refractivity contribution >= 4 is 22.1 Å². The normalized spacial score (nSPS) is 10.8. The molecule has 1 rings (SSSR count). The van der Waals surface area contributed by atoms with Crippen LogP contribution in [0.4, 0.5) is 0 Å². The summed E-state index contributed by atoms with van der Waals surface area (Å²) in [6.45, 7) is 2.22. The van der Waals surface area contributed by atoms with Gasteiger partial charge in [-0.05, 0) is 25.0 Å². The Kier molecular flexibility index (Phi) is 14.5. The minimum absolute atomic E-state index is 0. The number of hydrogen-bond acceptors (Lipinski definition) is 7. The van der Waals surface area contributed by atoms with E-state index in [2.05, 4.69) is 6.92 Å². The maximum absolute atomic E-state index is 12.2. The predicted octanol–water partition coefficient (Wildman–Crippen LogP) is 0.300. The molecule has 0 amide bonds. The van der Waals surface area contributed by atoms with Crippen molar-refractivity contribution in [3.63, 3.8) is 0 Å². The molecule has 9 heteroatoms. The van der Waals surface area contributed by atoms with E-state index in [-0.39, 0.29) is 60.3 Å². The summed E-state index contributed by atoms with van der Waals surface area (Å²) in [5.74, 6) is -1.97. The molecule has 1 aromatic rings. The molecule has 0 saturated carbocycles. The summed E-state index contributed by atoms with van der Waals surface area (Å²) in [6, 6.07) is 6.11. The van der Waals surface area contributed by atoms with E-state index < -0.39 is 27.8 Å². The van der Waals surface area contributed by atoms with Gasteiger partial charge in [-0.2, -0.15) is 0 Å². The fourth-order valence-corrected chi connectivity index (χ4v) is 2.91. The fraction of sp³-hybridized carbons (Fsp3) is 0.579. The van der Waals surface area contributed by atoms with Crippen molar-refractivity contribution in [2.45, 2.75) is 51.9 Å². The number of esters is 2. The number of carbonyl (C=O) groups is 2. The molecule has 0 bridgehead atoms. The van der Waals surface area contributed by atoms with E-state index in [0.717, 1.165) is 19.3 Å². The third kappa shape index (κ3) is 11.8. The summed E-state index contributed by atoms with van der Waals surface area (Å²) < 4.78 is 41.8. The number of hydrogen-bond donors (Lipinski definition) is 0. The minimum Gasteiger partial charge on any atom is -0.748 e. The van der Waals surface area contributed by atoms with Crippen LogP contribution in [-0.4, -0.2) is 43.9 Å². The van der Waals surface area contributed by atoms with Crippen molar-refractivity contribution in [3.8, 4) is 0 Å². The number of benzene rings is 1. The standard InChI is InChI=1S/C19H28O7S.Na/c1-2-3-4-5-6-9-13-25-18(20)16-11-7-8-12-17(16)19(21)26-14-10-15-27(22,23)24;/h7-8,11-12H,2-6,9-10,13-15H2,1H3,(H,22,23,24);/q;+1/p-1. The zero-order valence-electron chi connectivity index (χ0n) is 16.6. The molecule has 0 unspecified atom stereocenters. The maximum Gasteiger partial charge on any atom is 1.00 e. The van der Waals surface area contributed by atoms with Crippen LogP contribution in [0.1, 0.15) is 72.6 Å². The van der Waals surface area contributed by atoms with E-state index in [9.17, 15) is 22.6 Å². The summed E-state index contributed by atoms with van der Waals surface area (Å²) in [4.78, 5) is 24.3. The van der Waals surface area contributed by atoms with Gasteiger partial charge in [-0.25, -0.2) is 18.0 Å². The largest absolute Gasteiger partial charge is 1.00 e. The van der Waals surface area contributed by atoms with Gasteiger partial charge >= 0.3 is 41.5 Å². The molecule has 0 aliphatic heterocycles. The first-order chi connectivity index (χ1) is 12.8. The topological polar surface area (TPSA) is 110 Å². The first kappa shape index (κ1) is 27.1. The Morgan fingerprint density at radius 3 is 1.82 bits per heavy atom. The molecule has 0 spiro atoms. The fourth-order valence-electron chi connectivity index (χ4n) is 2.44. The molecule has 0 aliphatic rings. The van der Waals surface area contributed by atoms with Crippen LogP contribution in [0.25, 0.3) is 0 Å². The molecule has 28 heavy (non-hydrogen) atoms. The molecule has 0 radical (unpaired) electrons. The van der Waals surface area contributed by atoms with Crippen molar-refractivity contribution in [1.29, 1.82) is 0 Å². The second kappa shape index (κ2) is 15.0. The van der Waals surface area contributed by atoms with E-state index in [1.165, 1.54) is 31.4 Å². The van der Waals surface area contributed by atoms with Gasteiger partial charge in [0.15, 0.2) is 0 Å². The molecule has 0 N–H and O–H groups in total. The average molecular weight is 422 g/mol. The van der Waals surface area contributed by atoms with Crippen LogP contribution < -0.4 is 29.6 Å². The number of ether oxygens (including phenoxy) is 2. The summed E-state index contributed by atoms with van der Waals surface area (Å²) >= 11 is 0. The molecule has 0 atom stereocenters.